The van der Waals surface area contributed by atoms with Gasteiger partial charge >= 0.3 is 0 Å². The molecule has 5 nitrogen and oxygen atoms in total. The van der Waals surface area contributed by atoms with E-state index >= 15 is 0 Å². The molecule has 1 aromatic carbocycles. The molecular weight excluding hydrogens is 297 g/mol. The van der Waals surface area contributed by atoms with Crippen molar-refractivity contribution >= 4 is 44.9 Å². The van der Waals surface area contributed by atoms with Gasteiger partial charge in [-0.05, 0) is 26.0 Å². The Bertz CT molecular complexity index is 626. The predicted octanol–water partition coefficient (Wildman–Crippen LogP) is 2.46. The van der Waals surface area contributed by atoms with E-state index in [2.05, 4.69) is 15.0 Å². The molecule has 0 amide bonds. The van der Waals surface area contributed by atoms with Gasteiger partial charge in [-0.1, -0.05) is 23.2 Å². The first kappa shape index (κ1) is 13.5. The van der Waals surface area contributed by atoms with Crippen LogP contribution >= 0.6 is 23.2 Å². The lowest BCUT2D eigenvalue weighted by molar-refractivity contribution is 0.591. The van der Waals surface area contributed by atoms with E-state index in [0.29, 0.717) is 5.69 Å². The summed E-state index contributed by atoms with van der Waals surface area (Å²) in [5.41, 5.74) is 0.363. The van der Waals surface area contributed by atoms with Gasteiger partial charge in [-0.25, -0.2) is 18.1 Å². The first-order chi connectivity index (χ1) is 8.29. The maximum Gasteiger partial charge on any atom is 0.266 e. The highest BCUT2D eigenvalue weighted by atomic mass is 35.5. The quantitative estimate of drug-likeness (QED) is 0.837. The van der Waals surface area contributed by atoms with Gasteiger partial charge in [0, 0.05) is 6.04 Å². The minimum absolute atomic E-state index is 0.0421. The molecule has 1 heterocycles. The Labute approximate surface area is 115 Å². The van der Waals surface area contributed by atoms with Crippen LogP contribution in [0.5, 0.6) is 0 Å². The van der Waals surface area contributed by atoms with Crippen molar-refractivity contribution in [2.45, 2.75) is 24.8 Å². The summed E-state index contributed by atoms with van der Waals surface area (Å²) in [6, 6.07) is 2.73. The van der Waals surface area contributed by atoms with Crippen LogP contribution in [0.3, 0.4) is 0 Å². The summed E-state index contributed by atoms with van der Waals surface area (Å²) in [5.74, 6) is 0.177. The fraction of sp³-hybridized carbons (Fsp3) is 0.300. The highest BCUT2D eigenvalue weighted by Crippen LogP contribution is 2.33. The largest absolute Gasteiger partial charge is 0.324 e. The number of nitrogens with zero attached hydrogens (tertiary/aromatic N) is 1. The summed E-state index contributed by atoms with van der Waals surface area (Å²) in [7, 11) is -3.66. The maximum atomic E-state index is 12.0. The second-order valence-corrected chi connectivity index (χ2v) is 6.53. The molecule has 1 aliphatic heterocycles. The van der Waals surface area contributed by atoms with Crippen molar-refractivity contribution in [3.63, 3.8) is 0 Å². The molecular formula is C10H11Cl2N3O2S. The number of hydrogen-bond acceptors (Lipinski definition) is 3. The van der Waals surface area contributed by atoms with Crippen LogP contribution in [0.1, 0.15) is 13.8 Å². The van der Waals surface area contributed by atoms with E-state index < -0.39 is 10.0 Å². The van der Waals surface area contributed by atoms with Crippen LogP contribution in [-0.4, -0.2) is 20.4 Å². The third kappa shape index (κ3) is 2.55. The van der Waals surface area contributed by atoms with Crippen LogP contribution in [-0.2, 0) is 10.0 Å². The van der Waals surface area contributed by atoms with E-state index in [1.165, 1.54) is 12.1 Å². The number of halogens is 2. The molecule has 1 aromatic rings. The Kier molecular flexibility index (Phi) is 3.44. The second kappa shape index (κ2) is 4.60. The number of anilines is 1. The Morgan fingerprint density at radius 1 is 1.22 bits per heavy atom. The minimum atomic E-state index is -3.66. The van der Waals surface area contributed by atoms with Crippen LogP contribution in [0.4, 0.5) is 5.69 Å². The highest BCUT2D eigenvalue weighted by Gasteiger charge is 2.27. The molecule has 0 radical (unpaired) electrons. The number of fused-ring (bicyclic) bond motifs is 1. The van der Waals surface area contributed by atoms with E-state index in [1.54, 1.807) is 0 Å². The molecule has 2 N–H and O–H groups in total. The zero-order valence-corrected chi connectivity index (χ0v) is 12.0. The average molecular weight is 308 g/mol. The Hall–Kier alpha value is -0.980. The minimum Gasteiger partial charge on any atom is -0.324 e. The fourth-order valence-electron chi connectivity index (χ4n) is 1.50. The van der Waals surface area contributed by atoms with E-state index in [9.17, 15) is 8.42 Å². The van der Waals surface area contributed by atoms with Crippen molar-refractivity contribution in [1.82, 2.24) is 4.72 Å². The van der Waals surface area contributed by atoms with E-state index in [4.69, 9.17) is 23.2 Å². The Balaban J connectivity index is 2.57. The number of benzene rings is 1. The second-order valence-electron chi connectivity index (χ2n) is 4.06. The first-order valence-electron chi connectivity index (χ1n) is 5.16. The topological polar surface area (TPSA) is 70.6 Å². The summed E-state index contributed by atoms with van der Waals surface area (Å²) >= 11 is 11.7. The normalized spacial score (nSPS) is 19.3. The van der Waals surface area contributed by atoms with E-state index in [-0.39, 0.29) is 26.9 Å². The molecule has 0 bridgehead atoms. The van der Waals surface area contributed by atoms with Gasteiger partial charge in [-0.15, -0.1) is 0 Å². The van der Waals surface area contributed by atoms with Crippen LogP contribution in [0.25, 0.3) is 0 Å². The summed E-state index contributed by atoms with van der Waals surface area (Å²) < 4.78 is 26.3. The van der Waals surface area contributed by atoms with Crippen molar-refractivity contribution in [2.24, 2.45) is 4.99 Å². The van der Waals surface area contributed by atoms with Crippen LogP contribution in [0.15, 0.2) is 22.0 Å². The molecule has 0 fully saturated rings. The van der Waals surface area contributed by atoms with Crippen molar-refractivity contribution in [2.75, 3.05) is 5.32 Å². The van der Waals surface area contributed by atoms with Gasteiger partial charge in [0.15, 0.2) is 0 Å². The molecule has 0 unspecified atom stereocenters. The fourth-order valence-corrected chi connectivity index (χ4v) is 3.03. The lowest BCUT2D eigenvalue weighted by atomic mass is 10.3. The maximum absolute atomic E-state index is 12.0. The number of nitrogens with one attached hydrogen (secondary N) is 2. The van der Waals surface area contributed by atoms with E-state index in [1.807, 2.05) is 13.8 Å². The standard InChI is InChI=1S/C10H11Cl2N3O2S/c1-5(2)13-10-14-8-3-6(11)7(12)4-9(8)18(16,17)15-10/h3-5H,1-2H3,(H2,13,14,15). The number of aliphatic imine (C=N–C) groups is 1. The molecule has 18 heavy (non-hydrogen) atoms. The smallest absolute Gasteiger partial charge is 0.266 e. The van der Waals surface area contributed by atoms with Gasteiger partial charge in [-0.2, -0.15) is 0 Å². The zero-order chi connectivity index (χ0) is 13.5. The van der Waals surface area contributed by atoms with Crippen molar-refractivity contribution in [3.05, 3.63) is 22.2 Å². The van der Waals surface area contributed by atoms with Gasteiger partial charge < -0.3 is 5.32 Å². The highest BCUT2D eigenvalue weighted by molar-refractivity contribution is 7.90. The molecule has 1 aliphatic rings. The molecule has 0 spiro atoms. The number of rotatable bonds is 1. The van der Waals surface area contributed by atoms with Crippen molar-refractivity contribution < 1.29 is 8.42 Å². The predicted molar refractivity (Wildman–Crippen MR) is 73.0 cm³/mol. The zero-order valence-electron chi connectivity index (χ0n) is 9.66. The SMILES string of the molecule is CC(C)N=C1Nc2cc(Cl)c(Cl)cc2S(=O)(=O)N1. The van der Waals surface area contributed by atoms with Gasteiger partial charge in [0.25, 0.3) is 10.0 Å². The lowest BCUT2D eigenvalue weighted by Crippen LogP contribution is -2.41. The van der Waals surface area contributed by atoms with E-state index in [0.717, 1.165) is 0 Å². The molecule has 0 atom stereocenters. The number of guanidine groups is 1. The Morgan fingerprint density at radius 3 is 2.44 bits per heavy atom. The van der Waals surface area contributed by atoms with Gasteiger partial charge in [-0.3, -0.25) is 0 Å². The summed E-state index contributed by atoms with van der Waals surface area (Å²) in [4.78, 5) is 4.18. The molecule has 0 aliphatic carbocycles. The Morgan fingerprint density at radius 2 is 1.83 bits per heavy atom. The van der Waals surface area contributed by atoms with Crippen LogP contribution in [0.2, 0.25) is 10.0 Å². The monoisotopic (exact) mass is 307 g/mol. The molecule has 0 saturated carbocycles. The molecule has 98 valence electrons. The third-order valence-electron chi connectivity index (χ3n) is 2.18. The molecule has 0 aromatic heterocycles. The van der Waals surface area contributed by atoms with Gasteiger partial charge in [0.2, 0.25) is 5.96 Å². The summed E-state index contributed by atoms with van der Waals surface area (Å²) in [5, 5.41) is 3.34. The summed E-state index contributed by atoms with van der Waals surface area (Å²) in [6.45, 7) is 3.68. The molecule has 8 heteroatoms. The number of hydrogen-bond donors (Lipinski definition) is 2. The van der Waals surface area contributed by atoms with Gasteiger partial charge in [0.1, 0.15) is 4.90 Å². The van der Waals surface area contributed by atoms with Crippen LogP contribution < -0.4 is 10.0 Å². The molecule has 0 saturated heterocycles. The van der Waals surface area contributed by atoms with Crippen molar-refractivity contribution in [3.8, 4) is 0 Å². The lowest BCUT2D eigenvalue weighted by Gasteiger charge is -2.22. The molecule has 2 rings (SSSR count). The van der Waals surface area contributed by atoms with Crippen molar-refractivity contribution in [1.29, 1.82) is 0 Å². The first-order valence-corrected chi connectivity index (χ1v) is 7.40. The average Bonchev–Trinajstić information content (AvgIpc) is 2.19. The third-order valence-corrected chi connectivity index (χ3v) is 4.28. The van der Waals surface area contributed by atoms with Gasteiger partial charge in [0.05, 0.1) is 15.7 Å². The van der Waals surface area contributed by atoms with Crippen LogP contribution in [0, 0.1) is 0 Å². The summed E-state index contributed by atoms with van der Waals surface area (Å²) in [6.07, 6.45) is 0. The number of sulfonamides is 1.